The molecule has 0 radical (unpaired) electrons. The second-order valence-electron chi connectivity index (χ2n) is 5.67. The van der Waals surface area contributed by atoms with Crippen LogP contribution in [0.4, 0.5) is 0 Å². The van der Waals surface area contributed by atoms with Gasteiger partial charge >= 0.3 is 0 Å². The van der Waals surface area contributed by atoms with Crippen molar-refractivity contribution in [1.82, 2.24) is 4.90 Å². The fraction of sp³-hybridized carbons (Fsp3) is 0.588. The molecule has 1 heterocycles. The molecule has 1 aromatic carbocycles. The highest BCUT2D eigenvalue weighted by Crippen LogP contribution is 2.21. The number of piperidine rings is 1. The van der Waals surface area contributed by atoms with Crippen molar-refractivity contribution in [2.75, 3.05) is 26.2 Å². The molecule has 1 fully saturated rings. The second kappa shape index (κ2) is 8.15. The topological polar surface area (TPSA) is 55.6 Å². The summed E-state index contributed by atoms with van der Waals surface area (Å²) in [6.07, 6.45) is 3.05. The molecule has 2 N–H and O–H groups in total. The van der Waals surface area contributed by atoms with E-state index < -0.39 is 0 Å². The van der Waals surface area contributed by atoms with Crippen LogP contribution >= 0.6 is 0 Å². The lowest BCUT2D eigenvalue weighted by Crippen LogP contribution is -2.42. The fourth-order valence-electron chi connectivity index (χ4n) is 2.73. The molecule has 1 saturated heterocycles. The quantitative estimate of drug-likeness (QED) is 0.817. The lowest BCUT2D eigenvalue weighted by molar-refractivity contribution is -0.135. The zero-order valence-electron chi connectivity index (χ0n) is 12.8. The Hall–Kier alpha value is -1.39. The van der Waals surface area contributed by atoms with Gasteiger partial charge in [-0.25, -0.2) is 0 Å². The van der Waals surface area contributed by atoms with Gasteiger partial charge in [-0.15, -0.1) is 0 Å². The number of carbonyl (C=O) groups is 1. The van der Waals surface area contributed by atoms with Crippen LogP contribution in [0.15, 0.2) is 30.3 Å². The van der Waals surface area contributed by atoms with Gasteiger partial charge in [0, 0.05) is 19.7 Å². The number of carbonyl (C=O) groups excluding carboxylic acids is 1. The number of hydrogen-bond acceptors (Lipinski definition) is 3. The third-order valence-electron chi connectivity index (χ3n) is 4.13. The van der Waals surface area contributed by atoms with Gasteiger partial charge < -0.3 is 15.4 Å². The highest BCUT2D eigenvalue weighted by Gasteiger charge is 2.26. The van der Waals surface area contributed by atoms with Crippen molar-refractivity contribution >= 4 is 5.91 Å². The SMILES string of the molecule is CC(C(=O)N1CCC(OCCCN)CC1)c1ccccc1. The van der Waals surface area contributed by atoms with E-state index in [0.29, 0.717) is 6.54 Å². The van der Waals surface area contributed by atoms with Gasteiger partial charge in [0.05, 0.1) is 12.0 Å². The predicted octanol–water partition coefficient (Wildman–Crippen LogP) is 2.15. The van der Waals surface area contributed by atoms with Gasteiger partial charge in [-0.3, -0.25) is 4.79 Å². The third kappa shape index (κ3) is 4.55. The normalized spacial score (nSPS) is 17.7. The van der Waals surface area contributed by atoms with Crippen molar-refractivity contribution in [2.45, 2.75) is 38.2 Å². The van der Waals surface area contributed by atoms with Crippen LogP contribution in [0, 0.1) is 0 Å². The molecule has 4 heteroatoms. The van der Waals surface area contributed by atoms with Crippen molar-refractivity contribution in [3.8, 4) is 0 Å². The Labute approximate surface area is 127 Å². The Morgan fingerprint density at radius 3 is 2.62 bits per heavy atom. The summed E-state index contributed by atoms with van der Waals surface area (Å²) in [7, 11) is 0. The number of benzene rings is 1. The monoisotopic (exact) mass is 290 g/mol. The summed E-state index contributed by atoms with van der Waals surface area (Å²) in [5.41, 5.74) is 6.55. The molecule has 1 unspecified atom stereocenters. The Balaban J connectivity index is 1.80. The van der Waals surface area contributed by atoms with E-state index in [1.807, 2.05) is 42.2 Å². The van der Waals surface area contributed by atoms with Gasteiger partial charge in [-0.05, 0) is 38.3 Å². The second-order valence-corrected chi connectivity index (χ2v) is 5.67. The highest BCUT2D eigenvalue weighted by atomic mass is 16.5. The smallest absolute Gasteiger partial charge is 0.229 e. The first-order chi connectivity index (χ1) is 10.2. The summed E-state index contributed by atoms with van der Waals surface area (Å²) in [4.78, 5) is 14.5. The maximum Gasteiger partial charge on any atom is 0.229 e. The molecule has 0 aliphatic carbocycles. The van der Waals surface area contributed by atoms with Crippen LogP contribution in [0.2, 0.25) is 0 Å². The molecule has 1 aromatic rings. The van der Waals surface area contributed by atoms with Gasteiger partial charge in [0.25, 0.3) is 0 Å². The number of ether oxygens (including phenoxy) is 1. The summed E-state index contributed by atoms with van der Waals surface area (Å²) < 4.78 is 5.78. The maximum atomic E-state index is 12.5. The zero-order valence-corrected chi connectivity index (χ0v) is 12.8. The van der Waals surface area contributed by atoms with E-state index in [0.717, 1.165) is 44.5 Å². The summed E-state index contributed by atoms with van der Waals surface area (Å²) in [6.45, 7) is 4.98. The molecular weight excluding hydrogens is 264 g/mol. The number of hydrogen-bond donors (Lipinski definition) is 1. The van der Waals surface area contributed by atoms with Gasteiger partial charge in [0.15, 0.2) is 0 Å². The Bertz CT molecular complexity index is 428. The van der Waals surface area contributed by atoms with E-state index in [9.17, 15) is 4.79 Å². The van der Waals surface area contributed by atoms with E-state index in [1.165, 1.54) is 0 Å². The number of amides is 1. The average Bonchev–Trinajstić information content (AvgIpc) is 2.55. The maximum absolute atomic E-state index is 12.5. The molecule has 4 nitrogen and oxygen atoms in total. The minimum atomic E-state index is -0.0686. The van der Waals surface area contributed by atoms with E-state index >= 15 is 0 Å². The first-order valence-corrected chi connectivity index (χ1v) is 7.87. The van der Waals surface area contributed by atoms with Crippen LogP contribution in [0.5, 0.6) is 0 Å². The van der Waals surface area contributed by atoms with Crippen LogP contribution in [-0.2, 0) is 9.53 Å². The first kappa shape index (κ1) is 16.0. The Morgan fingerprint density at radius 2 is 2.00 bits per heavy atom. The van der Waals surface area contributed by atoms with E-state index in [1.54, 1.807) is 0 Å². The molecule has 1 aliphatic rings. The average molecular weight is 290 g/mol. The Kier molecular flexibility index (Phi) is 6.21. The van der Waals surface area contributed by atoms with Crippen molar-refractivity contribution in [3.63, 3.8) is 0 Å². The van der Waals surface area contributed by atoms with Gasteiger partial charge in [-0.1, -0.05) is 30.3 Å². The minimum Gasteiger partial charge on any atom is -0.378 e. The largest absolute Gasteiger partial charge is 0.378 e. The summed E-state index contributed by atoms with van der Waals surface area (Å²) in [6, 6.07) is 9.98. The molecule has 0 saturated carbocycles. The van der Waals surface area contributed by atoms with Gasteiger partial charge in [-0.2, -0.15) is 0 Å². The van der Waals surface area contributed by atoms with Crippen LogP contribution in [-0.4, -0.2) is 43.2 Å². The fourth-order valence-corrected chi connectivity index (χ4v) is 2.73. The summed E-state index contributed by atoms with van der Waals surface area (Å²) >= 11 is 0. The molecule has 1 aliphatic heterocycles. The number of likely N-dealkylation sites (tertiary alicyclic amines) is 1. The number of nitrogens with two attached hydrogens (primary N) is 1. The van der Waals surface area contributed by atoms with Crippen molar-refractivity contribution in [3.05, 3.63) is 35.9 Å². The Morgan fingerprint density at radius 1 is 1.33 bits per heavy atom. The predicted molar refractivity (Wildman–Crippen MR) is 84.1 cm³/mol. The molecule has 21 heavy (non-hydrogen) atoms. The van der Waals surface area contributed by atoms with Crippen LogP contribution in [0.25, 0.3) is 0 Å². The van der Waals surface area contributed by atoms with E-state index in [2.05, 4.69) is 0 Å². The molecule has 2 rings (SSSR count). The number of nitrogens with zero attached hydrogens (tertiary/aromatic N) is 1. The van der Waals surface area contributed by atoms with Crippen molar-refractivity contribution in [2.24, 2.45) is 5.73 Å². The lowest BCUT2D eigenvalue weighted by atomic mass is 9.98. The van der Waals surface area contributed by atoms with Gasteiger partial charge in [0.2, 0.25) is 5.91 Å². The highest BCUT2D eigenvalue weighted by molar-refractivity contribution is 5.83. The molecule has 116 valence electrons. The standard InChI is InChI=1S/C17H26N2O2/c1-14(15-6-3-2-4-7-15)17(20)19-11-8-16(9-12-19)21-13-5-10-18/h2-4,6-7,14,16H,5,8-13,18H2,1H3. The molecule has 1 amide bonds. The molecule has 0 bridgehead atoms. The summed E-state index contributed by atoms with van der Waals surface area (Å²) in [5.74, 6) is 0.155. The van der Waals surface area contributed by atoms with Gasteiger partial charge in [0.1, 0.15) is 0 Å². The molecule has 0 aromatic heterocycles. The molecule has 1 atom stereocenters. The van der Waals surface area contributed by atoms with E-state index in [4.69, 9.17) is 10.5 Å². The van der Waals surface area contributed by atoms with Crippen LogP contribution in [0.3, 0.4) is 0 Å². The molecule has 0 spiro atoms. The van der Waals surface area contributed by atoms with Crippen LogP contribution in [0.1, 0.15) is 37.7 Å². The summed E-state index contributed by atoms with van der Waals surface area (Å²) in [5, 5.41) is 0. The van der Waals surface area contributed by atoms with Crippen molar-refractivity contribution in [1.29, 1.82) is 0 Å². The number of rotatable bonds is 6. The lowest BCUT2D eigenvalue weighted by Gasteiger charge is -2.33. The van der Waals surface area contributed by atoms with Crippen molar-refractivity contribution < 1.29 is 9.53 Å². The third-order valence-corrected chi connectivity index (χ3v) is 4.13. The minimum absolute atomic E-state index is 0.0686. The molecular formula is C17H26N2O2. The van der Waals surface area contributed by atoms with E-state index in [-0.39, 0.29) is 17.9 Å². The van der Waals surface area contributed by atoms with Crippen LogP contribution < -0.4 is 5.73 Å². The first-order valence-electron chi connectivity index (χ1n) is 7.87. The zero-order chi connectivity index (χ0) is 15.1.